The summed E-state index contributed by atoms with van der Waals surface area (Å²) in [6.45, 7) is 4.35. The maximum Gasteiger partial charge on any atom is 0.130 e. The van der Waals surface area contributed by atoms with E-state index in [0.717, 1.165) is 11.6 Å². The van der Waals surface area contributed by atoms with E-state index in [0.29, 0.717) is 15.8 Å². The standard InChI is InChI=1S/C11H16N2S3/c1-7(2)8-5-10(14)13-11(12-8)9-6-15-3-4-16-9/h5,7,9H,3-4,6H2,1-2H3,(H,12,13,14). The highest BCUT2D eigenvalue weighted by Crippen LogP contribution is 2.35. The number of hydrogen-bond donors (Lipinski definition) is 1. The van der Waals surface area contributed by atoms with Gasteiger partial charge in [0.1, 0.15) is 10.5 Å². The molecule has 1 aliphatic rings. The third kappa shape index (κ3) is 3.02. The minimum atomic E-state index is 0.477. The highest BCUT2D eigenvalue weighted by atomic mass is 32.2. The van der Waals surface area contributed by atoms with Crippen molar-refractivity contribution in [2.24, 2.45) is 0 Å². The lowest BCUT2D eigenvalue weighted by Gasteiger charge is -2.21. The van der Waals surface area contributed by atoms with Crippen molar-refractivity contribution in [2.75, 3.05) is 17.3 Å². The van der Waals surface area contributed by atoms with Crippen LogP contribution in [0, 0.1) is 4.64 Å². The highest BCUT2D eigenvalue weighted by Gasteiger charge is 2.19. The van der Waals surface area contributed by atoms with E-state index in [2.05, 4.69) is 23.8 Å². The molecule has 0 bridgehead atoms. The number of nitrogens with zero attached hydrogens (tertiary/aromatic N) is 1. The minimum absolute atomic E-state index is 0.477. The molecule has 1 aromatic rings. The van der Waals surface area contributed by atoms with Crippen molar-refractivity contribution < 1.29 is 0 Å². The van der Waals surface area contributed by atoms with Crippen molar-refractivity contribution in [1.82, 2.24) is 9.97 Å². The Morgan fingerprint density at radius 1 is 1.50 bits per heavy atom. The average molecular weight is 272 g/mol. The van der Waals surface area contributed by atoms with Crippen molar-refractivity contribution >= 4 is 35.7 Å². The van der Waals surface area contributed by atoms with Gasteiger partial charge in [-0.05, 0) is 12.0 Å². The second-order valence-electron chi connectivity index (χ2n) is 4.15. The molecule has 0 radical (unpaired) electrons. The summed E-state index contributed by atoms with van der Waals surface area (Å²) in [4.78, 5) is 7.91. The first-order chi connectivity index (χ1) is 7.66. The molecule has 1 fully saturated rings. The largest absolute Gasteiger partial charge is 0.346 e. The van der Waals surface area contributed by atoms with E-state index in [-0.39, 0.29) is 0 Å². The molecule has 0 amide bonds. The molecular formula is C11H16N2S3. The van der Waals surface area contributed by atoms with Gasteiger partial charge in [-0.3, -0.25) is 0 Å². The molecule has 16 heavy (non-hydrogen) atoms. The second kappa shape index (κ2) is 5.56. The van der Waals surface area contributed by atoms with E-state index in [4.69, 9.17) is 12.2 Å². The number of rotatable bonds is 2. The van der Waals surface area contributed by atoms with Crippen LogP contribution in [0.3, 0.4) is 0 Å². The normalized spacial score (nSPS) is 21.3. The van der Waals surface area contributed by atoms with Crippen molar-refractivity contribution in [3.63, 3.8) is 0 Å². The summed E-state index contributed by atoms with van der Waals surface area (Å²) in [6, 6.07) is 1.98. The van der Waals surface area contributed by atoms with E-state index in [1.165, 1.54) is 17.2 Å². The predicted octanol–water partition coefficient (Wildman–Crippen LogP) is 3.78. The molecule has 5 heteroatoms. The number of thioether (sulfide) groups is 2. The van der Waals surface area contributed by atoms with Gasteiger partial charge in [-0.2, -0.15) is 11.8 Å². The molecule has 2 rings (SSSR count). The molecule has 88 valence electrons. The third-order valence-corrected chi connectivity index (χ3v) is 5.50. The van der Waals surface area contributed by atoms with Crippen molar-refractivity contribution in [3.8, 4) is 0 Å². The van der Waals surface area contributed by atoms with Crippen LogP contribution >= 0.6 is 35.7 Å². The summed E-state index contributed by atoms with van der Waals surface area (Å²) < 4.78 is 0.716. The summed E-state index contributed by atoms with van der Waals surface area (Å²) in [7, 11) is 0. The van der Waals surface area contributed by atoms with E-state index in [9.17, 15) is 0 Å². The molecule has 2 heterocycles. The first-order valence-electron chi connectivity index (χ1n) is 5.47. The molecule has 1 aliphatic heterocycles. The van der Waals surface area contributed by atoms with Gasteiger partial charge in [-0.15, -0.1) is 11.8 Å². The molecule has 1 atom stereocenters. The predicted molar refractivity (Wildman–Crippen MR) is 76.0 cm³/mol. The lowest BCUT2D eigenvalue weighted by Crippen LogP contribution is -2.11. The van der Waals surface area contributed by atoms with E-state index >= 15 is 0 Å². The molecule has 2 nitrogen and oxygen atoms in total. The van der Waals surface area contributed by atoms with Gasteiger partial charge >= 0.3 is 0 Å². The van der Waals surface area contributed by atoms with Crippen LogP contribution in [0.1, 0.15) is 36.5 Å². The lowest BCUT2D eigenvalue weighted by atomic mass is 10.1. The fourth-order valence-electron chi connectivity index (χ4n) is 1.61. The zero-order chi connectivity index (χ0) is 11.5. The van der Waals surface area contributed by atoms with E-state index in [1.54, 1.807) is 0 Å². The van der Waals surface area contributed by atoms with Crippen LogP contribution in [0.2, 0.25) is 0 Å². The first-order valence-corrected chi connectivity index (χ1v) is 8.08. The van der Waals surface area contributed by atoms with Crippen LogP contribution in [0.4, 0.5) is 0 Å². The van der Waals surface area contributed by atoms with Crippen molar-refractivity contribution in [2.45, 2.75) is 25.0 Å². The van der Waals surface area contributed by atoms with Crippen LogP contribution in [0.15, 0.2) is 6.07 Å². The van der Waals surface area contributed by atoms with Crippen LogP contribution in [0.5, 0.6) is 0 Å². The van der Waals surface area contributed by atoms with Crippen LogP contribution in [-0.2, 0) is 0 Å². The molecule has 1 N–H and O–H groups in total. The van der Waals surface area contributed by atoms with E-state index < -0.39 is 0 Å². The average Bonchev–Trinajstić information content (AvgIpc) is 2.29. The number of H-pyrrole nitrogens is 1. The summed E-state index contributed by atoms with van der Waals surface area (Å²) in [5.74, 6) is 5.15. The van der Waals surface area contributed by atoms with Gasteiger partial charge in [-0.1, -0.05) is 26.1 Å². The van der Waals surface area contributed by atoms with Gasteiger partial charge in [-0.25, -0.2) is 4.98 Å². The van der Waals surface area contributed by atoms with Gasteiger partial charge in [0.05, 0.1) is 5.25 Å². The monoisotopic (exact) mass is 272 g/mol. The molecule has 0 aliphatic carbocycles. The van der Waals surface area contributed by atoms with Crippen molar-refractivity contribution in [1.29, 1.82) is 0 Å². The molecule has 0 saturated carbocycles. The molecule has 1 saturated heterocycles. The van der Waals surface area contributed by atoms with Crippen molar-refractivity contribution in [3.05, 3.63) is 22.2 Å². The zero-order valence-corrected chi connectivity index (χ0v) is 12.0. The van der Waals surface area contributed by atoms with Crippen LogP contribution < -0.4 is 0 Å². The topological polar surface area (TPSA) is 28.7 Å². The van der Waals surface area contributed by atoms with E-state index in [1.807, 2.05) is 29.6 Å². The summed E-state index contributed by atoms with van der Waals surface area (Å²) in [6.07, 6.45) is 0. The quantitative estimate of drug-likeness (QED) is 0.829. The summed E-state index contributed by atoms with van der Waals surface area (Å²) in [5, 5.41) is 0.485. The Labute approximate surface area is 110 Å². The maximum atomic E-state index is 5.23. The van der Waals surface area contributed by atoms with Crippen LogP contribution in [-0.4, -0.2) is 27.2 Å². The van der Waals surface area contributed by atoms with Gasteiger partial charge in [0.2, 0.25) is 0 Å². The Balaban J connectivity index is 2.29. The molecule has 1 aromatic heterocycles. The molecule has 1 unspecified atom stereocenters. The Hall–Kier alpha value is -0.0000000000000000555. The van der Waals surface area contributed by atoms with Crippen LogP contribution in [0.25, 0.3) is 0 Å². The second-order valence-corrected chi connectivity index (χ2v) is 7.03. The number of aromatic amines is 1. The third-order valence-electron chi connectivity index (χ3n) is 2.52. The van der Waals surface area contributed by atoms with Gasteiger partial charge in [0.15, 0.2) is 0 Å². The Morgan fingerprint density at radius 3 is 2.94 bits per heavy atom. The Morgan fingerprint density at radius 2 is 2.31 bits per heavy atom. The fraction of sp³-hybridized carbons (Fsp3) is 0.636. The summed E-state index contributed by atoms with van der Waals surface area (Å²) >= 11 is 9.22. The molecular weight excluding hydrogens is 256 g/mol. The number of aromatic nitrogens is 2. The fourth-order valence-corrected chi connectivity index (χ4v) is 4.45. The zero-order valence-electron chi connectivity index (χ0n) is 9.53. The maximum absolute atomic E-state index is 5.23. The number of nitrogens with one attached hydrogen (secondary N) is 1. The van der Waals surface area contributed by atoms with Gasteiger partial charge in [0, 0.05) is 23.0 Å². The molecule has 0 spiro atoms. The lowest BCUT2D eigenvalue weighted by molar-refractivity contribution is 0.781. The SMILES string of the molecule is CC(C)c1cc(=S)nc(C2CSCCS2)[nH]1. The smallest absolute Gasteiger partial charge is 0.130 e. The number of hydrogen-bond acceptors (Lipinski definition) is 4. The highest BCUT2D eigenvalue weighted by molar-refractivity contribution is 8.06. The van der Waals surface area contributed by atoms with Gasteiger partial charge < -0.3 is 4.98 Å². The molecule has 0 aromatic carbocycles. The van der Waals surface area contributed by atoms with Gasteiger partial charge in [0.25, 0.3) is 0 Å². The first kappa shape index (κ1) is 12.5. The summed E-state index contributed by atoms with van der Waals surface area (Å²) in [5.41, 5.74) is 1.20. The Kier molecular flexibility index (Phi) is 4.33. The minimum Gasteiger partial charge on any atom is -0.346 e. The Bertz CT molecular complexity index is 408.